The van der Waals surface area contributed by atoms with Crippen molar-refractivity contribution in [3.8, 4) is 5.75 Å². The van der Waals surface area contributed by atoms with Crippen molar-refractivity contribution in [2.75, 3.05) is 19.7 Å². The molecule has 122 valence electrons. The molecule has 0 aromatic heterocycles. The maximum absolute atomic E-state index is 13.0. The second-order valence-electron chi connectivity index (χ2n) is 5.24. The Morgan fingerprint density at radius 2 is 2.09 bits per heavy atom. The Morgan fingerprint density at radius 3 is 2.64 bits per heavy atom. The van der Waals surface area contributed by atoms with Gasteiger partial charge < -0.3 is 14.7 Å². The number of aliphatic carboxylic acids is 1. The Kier molecular flexibility index (Phi) is 7.11. The van der Waals surface area contributed by atoms with E-state index < -0.39 is 11.8 Å². The van der Waals surface area contributed by atoms with Crippen LogP contribution in [0.5, 0.6) is 5.75 Å². The van der Waals surface area contributed by atoms with Crippen molar-refractivity contribution in [3.05, 3.63) is 29.0 Å². The van der Waals surface area contributed by atoms with Gasteiger partial charge in [-0.15, -0.1) is 0 Å². The molecule has 1 aromatic rings. The maximum atomic E-state index is 13.0. The third-order valence-corrected chi connectivity index (χ3v) is 3.08. The Balaban J connectivity index is 2.61. The molecule has 0 unspecified atom stereocenters. The van der Waals surface area contributed by atoms with Crippen molar-refractivity contribution in [1.82, 2.24) is 4.90 Å². The molecule has 0 saturated heterocycles. The predicted octanol–water partition coefficient (Wildman–Crippen LogP) is 2.82. The summed E-state index contributed by atoms with van der Waals surface area (Å²) in [7, 11) is 0. The lowest BCUT2D eigenvalue weighted by Gasteiger charge is -2.24. The Hall–Kier alpha value is -1.82. The molecule has 0 heterocycles. The van der Waals surface area contributed by atoms with Crippen molar-refractivity contribution in [1.29, 1.82) is 0 Å². The normalized spacial score (nSPS) is 10.6. The molecule has 0 aliphatic carbocycles. The van der Waals surface area contributed by atoms with E-state index >= 15 is 0 Å². The highest BCUT2D eigenvalue weighted by Gasteiger charge is 2.17. The van der Waals surface area contributed by atoms with Crippen molar-refractivity contribution in [2.24, 2.45) is 5.92 Å². The number of halogens is 2. The minimum Gasteiger partial charge on any atom is -0.484 e. The van der Waals surface area contributed by atoms with Gasteiger partial charge in [0, 0.05) is 19.2 Å². The third-order valence-electron chi connectivity index (χ3n) is 2.79. The van der Waals surface area contributed by atoms with Gasteiger partial charge in [-0.25, -0.2) is 4.39 Å². The molecule has 0 aliphatic heterocycles. The van der Waals surface area contributed by atoms with Gasteiger partial charge in [0.05, 0.1) is 11.4 Å². The SMILES string of the molecule is CC(C)CN(CCC(=O)O)C(=O)COc1ccc(F)c(Cl)c1. The number of carboxylic acid groups (broad SMARTS) is 1. The first-order chi connectivity index (χ1) is 10.3. The van der Waals surface area contributed by atoms with Gasteiger partial charge in [0.1, 0.15) is 11.6 Å². The van der Waals surface area contributed by atoms with E-state index in [0.29, 0.717) is 6.54 Å². The van der Waals surface area contributed by atoms with Crippen LogP contribution >= 0.6 is 11.6 Å². The molecule has 0 spiro atoms. The molecule has 0 saturated carbocycles. The summed E-state index contributed by atoms with van der Waals surface area (Å²) >= 11 is 5.63. The van der Waals surface area contributed by atoms with Crippen LogP contribution in [0.1, 0.15) is 20.3 Å². The molecule has 0 radical (unpaired) electrons. The van der Waals surface area contributed by atoms with Gasteiger partial charge in [-0.1, -0.05) is 25.4 Å². The van der Waals surface area contributed by atoms with Gasteiger partial charge in [-0.05, 0) is 18.1 Å². The third kappa shape index (κ3) is 6.30. The molecule has 0 fully saturated rings. The Labute approximate surface area is 133 Å². The van der Waals surface area contributed by atoms with Gasteiger partial charge >= 0.3 is 5.97 Å². The van der Waals surface area contributed by atoms with Gasteiger partial charge in [0.25, 0.3) is 5.91 Å². The molecule has 0 atom stereocenters. The summed E-state index contributed by atoms with van der Waals surface area (Å²) in [5.74, 6) is -1.37. The predicted molar refractivity (Wildman–Crippen MR) is 80.6 cm³/mol. The fourth-order valence-corrected chi connectivity index (χ4v) is 1.96. The molecule has 22 heavy (non-hydrogen) atoms. The Bertz CT molecular complexity index is 536. The molecule has 5 nitrogen and oxygen atoms in total. The summed E-state index contributed by atoms with van der Waals surface area (Å²) in [5.41, 5.74) is 0. The van der Waals surface area contributed by atoms with Crippen molar-refractivity contribution in [2.45, 2.75) is 20.3 Å². The fraction of sp³-hybridized carbons (Fsp3) is 0.467. The van der Waals surface area contributed by atoms with Crippen LogP contribution in [-0.2, 0) is 9.59 Å². The number of carbonyl (C=O) groups excluding carboxylic acids is 1. The molecule has 1 rings (SSSR count). The summed E-state index contributed by atoms with van der Waals surface area (Å²) in [6.07, 6.45) is -0.124. The highest BCUT2D eigenvalue weighted by atomic mass is 35.5. The van der Waals surface area contributed by atoms with Gasteiger partial charge in [0.2, 0.25) is 0 Å². The van der Waals surface area contributed by atoms with E-state index in [1.807, 2.05) is 13.8 Å². The summed E-state index contributed by atoms with van der Waals surface area (Å²) in [6, 6.07) is 3.81. The van der Waals surface area contributed by atoms with Crippen LogP contribution in [0.3, 0.4) is 0 Å². The molecule has 0 aliphatic rings. The topological polar surface area (TPSA) is 66.8 Å². The van der Waals surface area contributed by atoms with E-state index in [1.165, 1.54) is 17.0 Å². The number of nitrogens with zero attached hydrogens (tertiary/aromatic N) is 1. The zero-order chi connectivity index (χ0) is 16.7. The van der Waals surface area contributed by atoms with Crippen LogP contribution in [0.2, 0.25) is 5.02 Å². The summed E-state index contributed by atoms with van der Waals surface area (Å²) < 4.78 is 18.3. The first-order valence-corrected chi connectivity index (χ1v) is 7.24. The van der Waals surface area contributed by atoms with Crippen molar-refractivity contribution in [3.63, 3.8) is 0 Å². The molecule has 0 bridgehead atoms. The minimum absolute atomic E-state index is 0.0881. The maximum Gasteiger partial charge on any atom is 0.305 e. The molecule has 7 heteroatoms. The molecule has 1 N–H and O–H groups in total. The lowest BCUT2D eigenvalue weighted by molar-refractivity contribution is -0.139. The van der Waals surface area contributed by atoms with Crippen LogP contribution in [0.25, 0.3) is 0 Å². The second-order valence-corrected chi connectivity index (χ2v) is 5.65. The number of ether oxygens (including phenoxy) is 1. The number of amides is 1. The zero-order valence-electron chi connectivity index (χ0n) is 12.5. The second kappa shape index (κ2) is 8.58. The van der Waals surface area contributed by atoms with E-state index in [1.54, 1.807) is 0 Å². The van der Waals surface area contributed by atoms with Crippen molar-refractivity contribution >= 4 is 23.5 Å². The van der Waals surface area contributed by atoms with Crippen molar-refractivity contribution < 1.29 is 23.8 Å². The van der Waals surface area contributed by atoms with E-state index in [9.17, 15) is 14.0 Å². The van der Waals surface area contributed by atoms with Crippen LogP contribution in [-0.4, -0.2) is 41.6 Å². The quantitative estimate of drug-likeness (QED) is 0.795. The van der Waals surface area contributed by atoms with E-state index in [-0.39, 0.29) is 42.2 Å². The first-order valence-electron chi connectivity index (χ1n) is 6.87. The minimum atomic E-state index is -0.965. The van der Waals surface area contributed by atoms with E-state index in [0.717, 1.165) is 6.07 Å². The average molecular weight is 332 g/mol. The summed E-state index contributed by atoms with van der Waals surface area (Å²) in [4.78, 5) is 24.2. The van der Waals surface area contributed by atoms with Crippen LogP contribution < -0.4 is 4.74 Å². The van der Waals surface area contributed by atoms with Crippen LogP contribution in [0.15, 0.2) is 18.2 Å². The molecule has 1 aromatic carbocycles. The molecular weight excluding hydrogens is 313 g/mol. The number of rotatable bonds is 8. The zero-order valence-corrected chi connectivity index (χ0v) is 13.3. The first kappa shape index (κ1) is 18.2. The Morgan fingerprint density at radius 1 is 1.41 bits per heavy atom. The van der Waals surface area contributed by atoms with Gasteiger partial charge in [0.15, 0.2) is 6.61 Å². The summed E-state index contributed by atoms with van der Waals surface area (Å²) in [6.45, 7) is 4.18. The summed E-state index contributed by atoms with van der Waals surface area (Å²) in [5, 5.41) is 8.64. The molecule has 1 amide bonds. The van der Waals surface area contributed by atoms with E-state index in [2.05, 4.69) is 0 Å². The van der Waals surface area contributed by atoms with E-state index in [4.69, 9.17) is 21.4 Å². The number of hydrogen-bond acceptors (Lipinski definition) is 3. The smallest absolute Gasteiger partial charge is 0.305 e. The largest absolute Gasteiger partial charge is 0.484 e. The number of carboxylic acids is 1. The number of carbonyl (C=O) groups is 2. The monoisotopic (exact) mass is 331 g/mol. The van der Waals surface area contributed by atoms with Gasteiger partial charge in [-0.3, -0.25) is 9.59 Å². The highest BCUT2D eigenvalue weighted by Crippen LogP contribution is 2.21. The number of hydrogen-bond donors (Lipinski definition) is 1. The lowest BCUT2D eigenvalue weighted by Crippen LogP contribution is -2.38. The average Bonchev–Trinajstić information content (AvgIpc) is 2.43. The number of benzene rings is 1. The van der Waals surface area contributed by atoms with Gasteiger partial charge in [-0.2, -0.15) is 0 Å². The molecular formula is C15H19ClFNO4. The van der Waals surface area contributed by atoms with Crippen LogP contribution in [0, 0.1) is 11.7 Å². The van der Waals surface area contributed by atoms with Crippen LogP contribution in [0.4, 0.5) is 4.39 Å². The fourth-order valence-electron chi connectivity index (χ4n) is 1.79. The lowest BCUT2D eigenvalue weighted by atomic mass is 10.2. The highest BCUT2D eigenvalue weighted by molar-refractivity contribution is 6.30. The standard InChI is InChI=1S/C15H19ClFNO4/c1-10(2)8-18(6-5-15(20)21)14(19)9-22-11-3-4-13(17)12(16)7-11/h3-4,7,10H,5-6,8-9H2,1-2H3,(H,20,21).